The largest absolute Gasteiger partial charge is 0.772 e. The third-order valence-corrected chi connectivity index (χ3v) is 1.90. The molecule has 5 heteroatoms. The predicted octanol–water partition coefficient (Wildman–Crippen LogP) is 0.218. The Morgan fingerprint density at radius 3 is 2.23 bits per heavy atom. The third-order valence-electron chi connectivity index (χ3n) is 1.42. The summed E-state index contributed by atoms with van der Waals surface area (Å²) in [4.78, 5) is 0. The van der Waals surface area contributed by atoms with Crippen LogP contribution in [0.3, 0.4) is 0 Å². The highest BCUT2D eigenvalue weighted by Crippen LogP contribution is 1.79. The first-order valence-electron chi connectivity index (χ1n) is 4.17. The van der Waals surface area contributed by atoms with E-state index < -0.39 is 11.1 Å². The smallest absolute Gasteiger partial charge is 0.243 e. The summed E-state index contributed by atoms with van der Waals surface area (Å²) in [6, 6.07) is 0. The number of nitrogens with zero attached hydrogens (tertiary/aromatic N) is 2. The Labute approximate surface area is 81.5 Å². The molecule has 1 heterocycles. The molecule has 0 radical (unpaired) electrons. The van der Waals surface area contributed by atoms with E-state index in [9.17, 15) is 8.76 Å². The van der Waals surface area contributed by atoms with Crippen molar-refractivity contribution in [2.24, 2.45) is 7.05 Å². The molecule has 0 aromatic carbocycles. The maximum atomic E-state index is 9.37. The fraction of sp³-hybridized carbons (Fsp3) is 0.625. The number of hydrogen-bond acceptors (Lipinski definition) is 2. The zero-order valence-electron chi connectivity index (χ0n) is 8.27. The minimum absolute atomic E-state index is 0.222. The van der Waals surface area contributed by atoms with Crippen LogP contribution in [0.1, 0.15) is 13.8 Å². The van der Waals surface area contributed by atoms with Crippen LogP contribution in [-0.2, 0) is 24.7 Å². The average Bonchev–Trinajstić information content (AvgIpc) is 2.52. The molecule has 0 amide bonds. The van der Waals surface area contributed by atoms with E-state index in [2.05, 4.69) is 24.0 Å². The van der Waals surface area contributed by atoms with E-state index in [1.54, 1.807) is 6.92 Å². The molecule has 0 fully saturated rings. The Balaban J connectivity index is 0.000000252. The van der Waals surface area contributed by atoms with Crippen molar-refractivity contribution in [3.8, 4) is 0 Å². The lowest BCUT2D eigenvalue weighted by molar-refractivity contribution is -0.671. The third kappa shape index (κ3) is 6.48. The van der Waals surface area contributed by atoms with E-state index in [0.717, 1.165) is 6.54 Å². The van der Waals surface area contributed by atoms with Gasteiger partial charge in [-0.1, -0.05) is 18.0 Å². The van der Waals surface area contributed by atoms with Crippen LogP contribution in [0.15, 0.2) is 18.7 Å². The van der Waals surface area contributed by atoms with Gasteiger partial charge in [0.15, 0.2) is 0 Å². The Hall–Kier alpha value is -0.680. The molecule has 1 unspecified atom stereocenters. The van der Waals surface area contributed by atoms with Crippen molar-refractivity contribution in [2.45, 2.75) is 20.4 Å². The Morgan fingerprint density at radius 2 is 2.08 bits per heavy atom. The van der Waals surface area contributed by atoms with Crippen LogP contribution in [0.2, 0.25) is 0 Å². The van der Waals surface area contributed by atoms with Gasteiger partial charge in [-0.05, 0) is 6.92 Å². The molecule has 0 N–H and O–H groups in total. The van der Waals surface area contributed by atoms with Crippen molar-refractivity contribution in [1.82, 2.24) is 4.57 Å². The van der Waals surface area contributed by atoms with Gasteiger partial charge in [0, 0.05) is 5.75 Å². The second kappa shape index (κ2) is 6.80. The molecular weight excluding hydrogens is 188 g/mol. The van der Waals surface area contributed by atoms with E-state index in [0.29, 0.717) is 0 Å². The van der Waals surface area contributed by atoms with Gasteiger partial charge in [-0.25, -0.2) is 9.13 Å². The lowest BCUT2D eigenvalue weighted by Crippen LogP contribution is -2.23. The number of imidazole rings is 1. The summed E-state index contributed by atoms with van der Waals surface area (Å²) in [5.41, 5.74) is 0. The first-order valence-corrected chi connectivity index (χ1v) is 5.41. The van der Waals surface area contributed by atoms with Gasteiger partial charge in [-0.3, -0.25) is 4.21 Å². The summed E-state index contributed by atoms with van der Waals surface area (Å²) in [7, 11) is 2.02. The summed E-state index contributed by atoms with van der Waals surface area (Å²) < 4.78 is 22.9. The predicted molar refractivity (Wildman–Crippen MR) is 50.7 cm³/mol. The Morgan fingerprint density at radius 1 is 1.54 bits per heavy atom. The van der Waals surface area contributed by atoms with E-state index in [1.165, 1.54) is 0 Å². The quantitative estimate of drug-likeness (QED) is 0.511. The highest BCUT2D eigenvalue weighted by Gasteiger charge is 1.92. The first-order chi connectivity index (χ1) is 6.10. The molecule has 0 saturated carbocycles. The summed E-state index contributed by atoms with van der Waals surface area (Å²) in [6.45, 7) is 4.77. The molecule has 1 atom stereocenters. The molecule has 1 rings (SSSR count). The lowest BCUT2D eigenvalue weighted by atomic mass is 10.7. The molecule has 1 aromatic rings. The number of rotatable bonds is 2. The lowest BCUT2D eigenvalue weighted by Gasteiger charge is -1.93. The number of aromatic nitrogens is 2. The van der Waals surface area contributed by atoms with Crippen LogP contribution in [0, 0.1) is 0 Å². The van der Waals surface area contributed by atoms with Crippen LogP contribution >= 0.6 is 0 Å². The van der Waals surface area contributed by atoms with Gasteiger partial charge in [0.1, 0.15) is 12.4 Å². The van der Waals surface area contributed by atoms with Crippen molar-refractivity contribution in [3.63, 3.8) is 0 Å². The summed E-state index contributed by atoms with van der Waals surface area (Å²) in [5.74, 6) is 0.222. The maximum absolute atomic E-state index is 9.37. The fourth-order valence-electron chi connectivity index (χ4n) is 0.689. The molecule has 0 aliphatic rings. The second-order valence-electron chi connectivity index (χ2n) is 2.50. The average molecular weight is 204 g/mol. The molecule has 0 bridgehead atoms. The van der Waals surface area contributed by atoms with Gasteiger partial charge >= 0.3 is 0 Å². The molecule has 0 aliphatic carbocycles. The van der Waals surface area contributed by atoms with Crippen LogP contribution in [0.4, 0.5) is 0 Å². The van der Waals surface area contributed by atoms with Gasteiger partial charge in [0.05, 0.1) is 13.6 Å². The SMILES string of the molecule is CCS(=O)[O-].CCn1cc[n+](C)c1. The summed E-state index contributed by atoms with van der Waals surface area (Å²) in [6.07, 6.45) is 6.14. The first kappa shape index (κ1) is 12.3. The molecule has 0 saturated heterocycles. The van der Waals surface area contributed by atoms with Crippen LogP contribution in [-0.4, -0.2) is 19.1 Å². The minimum Gasteiger partial charge on any atom is -0.772 e. The number of hydrogen-bond donors (Lipinski definition) is 0. The molecule has 4 nitrogen and oxygen atoms in total. The second-order valence-corrected chi connectivity index (χ2v) is 3.69. The summed E-state index contributed by atoms with van der Waals surface area (Å²) in [5, 5.41) is 0. The molecule has 1 aromatic heterocycles. The molecule has 13 heavy (non-hydrogen) atoms. The van der Waals surface area contributed by atoms with E-state index in [1.807, 2.05) is 17.8 Å². The molecular formula is C8H16N2O2S. The van der Waals surface area contributed by atoms with Crippen molar-refractivity contribution in [2.75, 3.05) is 5.75 Å². The minimum atomic E-state index is -1.82. The highest BCUT2D eigenvalue weighted by atomic mass is 32.2. The van der Waals surface area contributed by atoms with Gasteiger partial charge in [0.25, 0.3) is 0 Å². The van der Waals surface area contributed by atoms with Crippen molar-refractivity contribution in [1.29, 1.82) is 0 Å². The van der Waals surface area contributed by atoms with Crippen LogP contribution < -0.4 is 4.57 Å². The normalized spacial score (nSPS) is 11.7. The highest BCUT2D eigenvalue weighted by molar-refractivity contribution is 7.79. The monoisotopic (exact) mass is 204 g/mol. The van der Waals surface area contributed by atoms with Gasteiger partial charge in [-0.15, -0.1) is 0 Å². The Bertz CT molecular complexity index is 260. The zero-order valence-corrected chi connectivity index (χ0v) is 9.08. The summed E-state index contributed by atoms with van der Waals surface area (Å²) >= 11 is -1.82. The standard InChI is InChI=1S/C6H11N2.C2H6O2S/c1-3-8-5-4-7(2)6-8;1-2-5(3)4/h4-6H,3H2,1-2H3;2H2,1H3,(H,3,4)/q+1;/p-1. The molecule has 0 aliphatic heterocycles. The van der Waals surface area contributed by atoms with Crippen molar-refractivity contribution >= 4 is 11.1 Å². The van der Waals surface area contributed by atoms with E-state index in [-0.39, 0.29) is 5.75 Å². The number of aryl methyl sites for hydroxylation is 2. The maximum Gasteiger partial charge on any atom is 0.243 e. The van der Waals surface area contributed by atoms with Crippen molar-refractivity contribution < 1.29 is 13.3 Å². The van der Waals surface area contributed by atoms with Gasteiger partial charge in [-0.2, -0.15) is 0 Å². The zero-order chi connectivity index (χ0) is 10.3. The van der Waals surface area contributed by atoms with Gasteiger partial charge in [0.2, 0.25) is 6.33 Å². The molecule has 76 valence electrons. The molecule has 0 spiro atoms. The Kier molecular flexibility index (Phi) is 6.44. The van der Waals surface area contributed by atoms with E-state index >= 15 is 0 Å². The van der Waals surface area contributed by atoms with Gasteiger partial charge < -0.3 is 4.55 Å². The fourth-order valence-corrected chi connectivity index (χ4v) is 0.689. The topological polar surface area (TPSA) is 48.9 Å². The van der Waals surface area contributed by atoms with Crippen LogP contribution in [0.25, 0.3) is 0 Å². The van der Waals surface area contributed by atoms with E-state index in [4.69, 9.17) is 0 Å². The van der Waals surface area contributed by atoms with Crippen molar-refractivity contribution in [3.05, 3.63) is 18.7 Å². The van der Waals surface area contributed by atoms with Crippen LogP contribution in [0.5, 0.6) is 0 Å².